The van der Waals surface area contributed by atoms with Crippen molar-refractivity contribution < 1.29 is 18.9 Å². The fourth-order valence-electron chi connectivity index (χ4n) is 3.44. The van der Waals surface area contributed by atoms with Crippen LogP contribution in [-0.2, 0) is 24.2 Å². The second kappa shape index (κ2) is 11.5. The standard InChI is InChI=1S/C24H33N3O4/c1-5-29-22-13-19-12-17(2)31-23(19)14-20(22)16-27-24(25-3)26-15-18-6-8-21(9-7-18)30-11-10-28-4/h6-9,13-14,17H,5,10-12,15-16H2,1-4H3,(H2,25,26,27). The predicted molar refractivity (Wildman–Crippen MR) is 122 cm³/mol. The van der Waals surface area contributed by atoms with Crippen molar-refractivity contribution in [3.8, 4) is 17.2 Å². The first-order chi connectivity index (χ1) is 15.1. The van der Waals surface area contributed by atoms with E-state index in [0.717, 1.165) is 40.8 Å². The van der Waals surface area contributed by atoms with Crippen LogP contribution in [0.3, 0.4) is 0 Å². The number of aliphatic imine (C=N–C) groups is 1. The maximum atomic E-state index is 5.91. The van der Waals surface area contributed by atoms with Gasteiger partial charge in [-0.3, -0.25) is 4.99 Å². The summed E-state index contributed by atoms with van der Waals surface area (Å²) < 4.78 is 22.4. The van der Waals surface area contributed by atoms with Gasteiger partial charge in [-0.2, -0.15) is 0 Å². The molecule has 2 aromatic rings. The second-order valence-corrected chi connectivity index (χ2v) is 7.40. The van der Waals surface area contributed by atoms with Crippen LogP contribution in [0.15, 0.2) is 41.4 Å². The predicted octanol–water partition coefficient (Wildman–Crippen LogP) is 3.30. The van der Waals surface area contributed by atoms with E-state index >= 15 is 0 Å². The van der Waals surface area contributed by atoms with Crippen LogP contribution in [0.2, 0.25) is 0 Å². The summed E-state index contributed by atoms with van der Waals surface area (Å²) in [6.45, 7) is 7.07. The molecule has 1 unspecified atom stereocenters. The van der Waals surface area contributed by atoms with Gasteiger partial charge in [0, 0.05) is 44.8 Å². The third kappa shape index (κ3) is 6.52. The molecule has 1 atom stereocenters. The zero-order valence-corrected chi connectivity index (χ0v) is 18.9. The van der Waals surface area contributed by atoms with Gasteiger partial charge in [0.25, 0.3) is 0 Å². The van der Waals surface area contributed by atoms with Gasteiger partial charge in [0.2, 0.25) is 0 Å². The van der Waals surface area contributed by atoms with Crippen molar-refractivity contribution in [1.29, 1.82) is 0 Å². The molecule has 0 aliphatic carbocycles. The minimum atomic E-state index is 0.207. The summed E-state index contributed by atoms with van der Waals surface area (Å²) in [5.41, 5.74) is 3.39. The van der Waals surface area contributed by atoms with E-state index in [1.54, 1.807) is 14.2 Å². The number of nitrogens with zero attached hydrogens (tertiary/aromatic N) is 1. The molecule has 0 aromatic heterocycles. The zero-order chi connectivity index (χ0) is 22.1. The smallest absolute Gasteiger partial charge is 0.191 e. The highest BCUT2D eigenvalue weighted by molar-refractivity contribution is 5.79. The monoisotopic (exact) mass is 427 g/mol. The largest absolute Gasteiger partial charge is 0.494 e. The fourth-order valence-corrected chi connectivity index (χ4v) is 3.44. The molecule has 1 aliphatic rings. The number of ether oxygens (including phenoxy) is 4. The van der Waals surface area contributed by atoms with E-state index in [1.165, 1.54) is 5.56 Å². The van der Waals surface area contributed by atoms with E-state index in [4.69, 9.17) is 18.9 Å². The van der Waals surface area contributed by atoms with E-state index in [0.29, 0.717) is 32.9 Å². The molecule has 0 radical (unpaired) electrons. The summed E-state index contributed by atoms with van der Waals surface area (Å²) >= 11 is 0. The fraction of sp³-hybridized carbons (Fsp3) is 0.458. The third-order valence-corrected chi connectivity index (χ3v) is 4.99. The molecule has 3 rings (SSSR count). The third-order valence-electron chi connectivity index (χ3n) is 4.99. The van der Waals surface area contributed by atoms with Gasteiger partial charge in [-0.05, 0) is 43.7 Å². The van der Waals surface area contributed by atoms with Crippen LogP contribution in [0, 0.1) is 0 Å². The van der Waals surface area contributed by atoms with Crippen molar-refractivity contribution in [1.82, 2.24) is 10.6 Å². The van der Waals surface area contributed by atoms with Crippen LogP contribution in [0.5, 0.6) is 17.2 Å². The molecule has 168 valence electrons. The molecule has 0 spiro atoms. The Morgan fingerprint density at radius 3 is 2.58 bits per heavy atom. The Morgan fingerprint density at radius 1 is 1.10 bits per heavy atom. The summed E-state index contributed by atoms with van der Waals surface area (Å²) in [7, 11) is 3.42. The van der Waals surface area contributed by atoms with Gasteiger partial charge in [-0.25, -0.2) is 0 Å². The lowest BCUT2D eigenvalue weighted by molar-refractivity contribution is 0.146. The van der Waals surface area contributed by atoms with Crippen LogP contribution in [0.25, 0.3) is 0 Å². The highest BCUT2D eigenvalue weighted by atomic mass is 16.5. The summed E-state index contributed by atoms with van der Waals surface area (Å²) in [6, 6.07) is 12.2. The Balaban J connectivity index is 1.54. The zero-order valence-electron chi connectivity index (χ0n) is 18.9. The molecule has 0 saturated carbocycles. The number of hydrogen-bond donors (Lipinski definition) is 2. The van der Waals surface area contributed by atoms with Crippen LogP contribution in [0.1, 0.15) is 30.5 Å². The summed E-state index contributed by atoms with van der Waals surface area (Å²) in [5.74, 6) is 3.40. The molecule has 7 nitrogen and oxygen atoms in total. The molecule has 0 saturated heterocycles. The molecule has 7 heteroatoms. The van der Waals surface area contributed by atoms with Gasteiger partial charge in [0.05, 0.1) is 13.2 Å². The Bertz CT molecular complexity index is 868. The van der Waals surface area contributed by atoms with Crippen molar-refractivity contribution in [3.05, 3.63) is 53.1 Å². The Labute approximate surface area is 184 Å². The molecule has 0 amide bonds. The maximum Gasteiger partial charge on any atom is 0.191 e. The topological polar surface area (TPSA) is 73.3 Å². The van der Waals surface area contributed by atoms with Crippen molar-refractivity contribution in [2.75, 3.05) is 34.0 Å². The second-order valence-electron chi connectivity index (χ2n) is 7.40. The average molecular weight is 428 g/mol. The van der Waals surface area contributed by atoms with Crippen LogP contribution in [0.4, 0.5) is 0 Å². The molecule has 2 N–H and O–H groups in total. The van der Waals surface area contributed by atoms with Gasteiger partial charge in [-0.1, -0.05) is 12.1 Å². The molecule has 31 heavy (non-hydrogen) atoms. The molecule has 2 aromatic carbocycles. The maximum absolute atomic E-state index is 5.91. The van der Waals surface area contributed by atoms with Crippen molar-refractivity contribution in [3.63, 3.8) is 0 Å². The minimum Gasteiger partial charge on any atom is -0.494 e. The van der Waals surface area contributed by atoms with E-state index in [1.807, 2.05) is 31.2 Å². The lowest BCUT2D eigenvalue weighted by Crippen LogP contribution is -2.36. The number of methoxy groups -OCH3 is 1. The summed E-state index contributed by atoms with van der Waals surface area (Å²) in [4.78, 5) is 4.33. The van der Waals surface area contributed by atoms with E-state index in [2.05, 4.69) is 34.7 Å². The van der Waals surface area contributed by atoms with Gasteiger partial charge in [0.1, 0.15) is 30.0 Å². The lowest BCUT2D eigenvalue weighted by atomic mass is 10.1. The summed E-state index contributed by atoms with van der Waals surface area (Å²) in [5, 5.41) is 6.71. The van der Waals surface area contributed by atoms with Crippen LogP contribution < -0.4 is 24.8 Å². The number of guanidine groups is 1. The van der Waals surface area contributed by atoms with Crippen molar-refractivity contribution in [2.24, 2.45) is 4.99 Å². The molecular formula is C24H33N3O4. The first-order valence-electron chi connectivity index (χ1n) is 10.7. The lowest BCUT2D eigenvalue weighted by Gasteiger charge is -2.16. The normalized spacial score (nSPS) is 15.2. The van der Waals surface area contributed by atoms with E-state index in [9.17, 15) is 0 Å². The quantitative estimate of drug-likeness (QED) is 0.344. The van der Waals surface area contributed by atoms with Gasteiger partial charge in [0.15, 0.2) is 5.96 Å². The van der Waals surface area contributed by atoms with Gasteiger partial charge in [-0.15, -0.1) is 0 Å². The van der Waals surface area contributed by atoms with Gasteiger partial charge >= 0.3 is 0 Å². The van der Waals surface area contributed by atoms with Crippen molar-refractivity contribution in [2.45, 2.75) is 39.5 Å². The molecular weight excluding hydrogens is 394 g/mol. The number of rotatable bonds is 10. The average Bonchev–Trinajstić information content (AvgIpc) is 3.14. The van der Waals surface area contributed by atoms with Crippen molar-refractivity contribution >= 4 is 5.96 Å². The molecule has 1 heterocycles. The minimum absolute atomic E-state index is 0.207. The molecule has 0 bridgehead atoms. The highest BCUT2D eigenvalue weighted by Gasteiger charge is 2.21. The Morgan fingerprint density at radius 2 is 1.87 bits per heavy atom. The summed E-state index contributed by atoms with van der Waals surface area (Å²) in [6.07, 6.45) is 1.13. The first kappa shape index (κ1) is 22.7. The Kier molecular flexibility index (Phi) is 8.41. The van der Waals surface area contributed by atoms with Crippen LogP contribution >= 0.6 is 0 Å². The number of hydrogen-bond acceptors (Lipinski definition) is 5. The molecule has 0 fully saturated rings. The van der Waals surface area contributed by atoms with E-state index < -0.39 is 0 Å². The van der Waals surface area contributed by atoms with Gasteiger partial charge < -0.3 is 29.6 Å². The number of fused-ring (bicyclic) bond motifs is 1. The van der Waals surface area contributed by atoms with Crippen LogP contribution in [-0.4, -0.2) is 46.0 Å². The number of benzene rings is 2. The van der Waals surface area contributed by atoms with E-state index in [-0.39, 0.29) is 6.10 Å². The highest BCUT2D eigenvalue weighted by Crippen LogP contribution is 2.35. The SMILES string of the molecule is CCOc1cc2c(cc1CNC(=NC)NCc1ccc(OCCOC)cc1)OC(C)C2. The first-order valence-corrected chi connectivity index (χ1v) is 10.7. The molecule has 1 aliphatic heterocycles. The Hall–Kier alpha value is -2.93. The number of nitrogens with one attached hydrogen (secondary N) is 2.